The summed E-state index contributed by atoms with van der Waals surface area (Å²) in [6, 6.07) is 6.07. The van der Waals surface area contributed by atoms with E-state index in [4.69, 9.17) is 4.98 Å². The maximum absolute atomic E-state index is 13.5. The highest BCUT2D eigenvalue weighted by Crippen LogP contribution is 2.35. The van der Waals surface area contributed by atoms with Gasteiger partial charge in [0, 0.05) is 34.8 Å². The molecule has 0 fully saturated rings. The molecule has 4 rings (SSSR count). The number of alkyl halides is 3. The molecule has 0 aliphatic carbocycles. The van der Waals surface area contributed by atoms with Gasteiger partial charge in [-0.3, -0.25) is 14.7 Å². The summed E-state index contributed by atoms with van der Waals surface area (Å²) >= 11 is 0. The Balaban J connectivity index is 1.70. The van der Waals surface area contributed by atoms with E-state index in [0.29, 0.717) is 30.2 Å². The van der Waals surface area contributed by atoms with Crippen LogP contribution in [0, 0.1) is 0 Å². The van der Waals surface area contributed by atoms with Crippen LogP contribution in [-0.4, -0.2) is 43.9 Å². The summed E-state index contributed by atoms with van der Waals surface area (Å²) in [6.07, 6.45) is -3.77. The lowest BCUT2D eigenvalue weighted by Crippen LogP contribution is -2.24. The SMILES string of the molecule is CC[C@H](CC(F)(F)F)n1cnnc1-c1cccc(N2Cc3c(cc(C(C)(C)C)nc3CNC)C2=O)n1. The molecule has 0 saturated carbocycles. The minimum Gasteiger partial charge on any atom is -0.314 e. The Bertz CT molecular complexity index is 1260. The van der Waals surface area contributed by atoms with Gasteiger partial charge in [-0.15, -0.1) is 10.2 Å². The van der Waals surface area contributed by atoms with Crippen LogP contribution < -0.4 is 10.2 Å². The summed E-state index contributed by atoms with van der Waals surface area (Å²) < 4.78 is 40.8. The monoisotopic (exact) mass is 501 g/mol. The van der Waals surface area contributed by atoms with E-state index >= 15 is 0 Å². The molecule has 192 valence electrons. The third-order valence-electron chi connectivity index (χ3n) is 6.26. The van der Waals surface area contributed by atoms with E-state index < -0.39 is 18.6 Å². The first-order valence-corrected chi connectivity index (χ1v) is 11.9. The Morgan fingerprint density at radius 1 is 1.17 bits per heavy atom. The van der Waals surface area contributed by atoms with Crippen molar-refractivity contribution < 1.29 is 18.0 Å². The van der Waals surface area contributed by atoms with Crippen LogP contribution in [0.1, 0.15) is 73.9 Å². The highest BCUT2D eigenvalue weighted by atomic mass is 19.4. The number of rotatable bonds is 7. The number of hydrogen-bond acceptors (Lipinski definition) is 6. The molecule has 3 aromatic rings. The highest BCUT2D eigenvalue weighted by Gasteiger charge is 2.35. The summed E-state index contributed by atoms with van der Waals surface area (Å²) in [7, 11) is 1.83. The molecular formula is C25H30F3N7O. The second-order valence-corrected chi connectivity index (χ2v) is 9.98. The molecule has 1 N–H and O–H groups in total. The fourth-order valence-corrected chi connectivity index (χ4v) is 4.35. The summed E-state index contributed by atoms with van der Waals surface area (Å²) in [5, 5.41) is 11.0. The highest BCUT2D eigenvalue weighted by molar-refractivity contribution is 6.09. The molecule has 0 radical (unpaired) electrons. The predicted molar refractivity (Wildman–Crippen MR) is 129 cm³/mol. The largest absolute Gasteiger partial charge is 0.391 e. The summed E-state index contributed by atoms with van der Waals surface area (Å²) in [5.74, 6) is 0.425. The van der Waals surface area contributed by atoms with Crippen LogP contribution in [0.4, 0.5) is 19.0 Å². The van der Waals surface area contributed by atoms with Crippen molar-refractivity contribution in [1.29, 1.82) is 0 Å². The first-order chi connectivity index (χ1) is 16.9. The molecule has 0 bridgehead atoms. The maximum Gasteiger partial charge on any atom is 0.391 e. The van der Waals surface area contributed by atoms with Gasteiger partial charge >= 0.3 is 6.18 Å². The molecule has 3 aromatic heterocycles. The normalized spacial score (nSPS) is 14.9. The van der Waals surface area contributed by atoms with Crippen molar-refractivity contribution in [2.45, 2.75) is 71.3 Å². The molecule has 0 unspecified atom stereocenters. The van der Waals surface area contributed by atoms with Crippen LogP contribution in [0.15, 0.2) is 30.6 Å². The third-order valence-corrected chi connectivity index (χ3v) is 6.26. The van der Waals surface area contributed by atoms with Gasteiger partial charge in [0.15, 0.2) is 5.82 Å². The van der Waals surface area contributed by atoms with Gasteiger partial charge in [-0.1, -0.05) is 33.8 Å². The molecule has 0 spiro atoms. The Kier molecular flexibility index (Phi) is 6.87. The van der Waals surface area contributed by atoms with Gasteiger partial charge in [-0.05, 0) is 31.7 Å². The maximum atomic E-state index is 13.5. The first-order valence-electron chi connectivity index (χ1n) is 11.9. The Labute approximate surface area is 208 Å². The zero-order chi connectivity index (χ0) is 26.3. The van der Waals surface area contributed by atoms with E-state index in [1.54, 1.807) is 30.0 Å². The van der Waals surface area contributed by atoms with Gasteiger partial charge < -0.3 is 9.88 Å². The molecule has 11 heteroatoms. The van der Waals surface area contributed by atoms with Crippen molar-refractivity contribution in [2.75, 3.05) is 11.9 Å². The molecule has 1 aliphatic rings. The average Bonchev–Trinajstić information content (AvgIpc) is 3.42. The van der Waals surface area contributed by atoms with Gasteiger partial charge in [0.05, 0.1) is 18.7 Å². The van der Waals surface area contributed by atoms with Crippen molar-refractivity contribution in [1.82, 2.24) is 30.0 Å². The lowest BCUT2D eigenvalue weighted by molar-refractivity contribution is -0.143. The van der Waals surface area contributed by atoms with Gasteiger partial charge in [0.25, 0.3) is 5.91 Å². The minimum absolute atomic E-state index is 0.190. The van der Waals surface area contributed by atoms with Crippen LogP contribution in [0.2, 0.25) is 0 Å². The minimum atomic E-state index is -4.32. The van der Waals surface area contributed by atoms with E-state index in [1.165, 1.54) is 10.9 Å². The van der Waals surface area contributed by atoms with Crippen LogP contribution in [0.3, 0.4) is 0 Å². The number of fused-ring (bicyclic) bond motifs is 1. The van der Waals surface area contributed by atoms with E-state index in [9.17, 15) is 18.0 Å². The number of nitrogens with one attached hydrogen (secondary N) is 1. The molecule has 1 aliphatic heterocycles. The number of nitrogens with zero attached hydrogens (tertiary/aromatic N) is 6. The molecule has 8 nitrogen and oxygen atoms in total. The molecule has 36 heavy (non-hydrogen) atoms. The Morgan fingerprint density at radius 3 is 2.56 bits per heavy atom. The van der Waals surface area contributed by atoms with Crippen molar-refractivity contribution >= 4 is 11.7 Å². The van der Waals surface area contributed by atoms with Gasteiger partial charge in [0.1, 0.15) is 17.8 Å². The Hall–Kier alpha value is -3.34. The fourth-order valence-electron chi connectivity index (χ4n) is 4.35. The first kappa shape index (κ1) is 25.7. The smallest absolute Gasteiger partial charge is 0.314 e. The van der Waals surface area contributed by atoms with Crippen molar-refractivity contribution in [2.24, 2.45) is 0 Å². The third kappa shape index (κ3) is 5.11. The number of carbonyl (C=O) groups excluding carboxylic acids is 1. The van der Waals surface area contributed by atoms with Crippen molar-refractivity contribution in [3.63, 3.8) is 0 Å². The molecule has 0 aromatic carbocycles. The molecule has 1 atom stereocenters. The van der Waals surface area contributed by atoms with E-state index in [-0.39, 0.29) is 23.6 Å². The van der Waals surface area contributed by atoms with Gasteiger partial charge in [0.2, 0.25) is 0 Å². The van der Waals surface area contributed by atoms with Crippen LogP contribution >= 0.6 is 0 Å². The van der Waals surface area contributed by atoms with Gasteiger partial charge in [-0.25, -0.2) is 4.98 Å². The zero-order valence-electron chi connectivity index (χ0n) is 21.0. The van der Waals surface area contributed by atoms with Crippen LogP contribution in [-0.2, 0) is 18.5 Å². The predicted octanol–water partition coefficient (Wildman–Crippen LogP) is 4.82. The molecular weight excluding hydrogens is 471 g/mol. The second kappa shape index (κ2) is 9.61. The Morgan fingerprint density at radius 2 is 1.92 bits per heavy atom. The topological polar surface area (TPSA) is 88.8 Å². The summed E-state index contributed by atoms with van der Waals surface area (Å²) in [6.45, 7) is 8.65. The number of aromatic nitrogens is 5. The number of amides is 1. The lowest BCUT2D eigenvalue weighted by atomic mass is 9.89. The van der Waals surface area contributed by atoms with E-state index in [0.717, 1.165) is 17.0 Å². The lowest BCUT2D eigenvalue weighted by Gasteiger charge is -2.20. The van der Waals surface area contributed by atoms with Crippen molar-refractivity contribution in [3.8, 4) is 11.5 Å². The van der Waals surface area contributed by atoms with E-state index in [2.05, 4.69) is 20.5 Å². The second-order valence-electron chi connectivity index (χ2n) is 9.98. The number of anilines is 1. The average molecular weight is 502 g/mol. The fraction of sp³-hybridized carbons (Fsp3) is 0.480. The number of hydrogen-bond donors (Lipinski definition) is 1. The zero-order valence-corrected chi connectivity index (χ0v) is 21.0. The quantitative estimate of drug-likeness (QED) is 0.500. The van der Waals surface area contributed by atoms with Crippen LogP contribution in [0.25, 0.3) is 11.5 Å². The summed E-state index contributed by atoms with van der Waals surface area (Å²) in [4.78, 5) is 24.5. The van der Waals surface area contributed by atoms with Gasteiger partial charge in [-0.2, -0.15) is 13.2 Å². The molecule has 0 saturated heterocycles. The molecule has 4 heterocycles. The van der Waals surface area contributed by atoms with Crippen molar-refractivity contribution in [3.05, 3.63) is 53.1 Å². The number of halogens is 3. The standard InChI is InChI=1S/C25H30F3N7O/c1-6-15(11-25(26,27)28)35-14-30-33-22(35)18-8-7-9-21(32-18)34-13-17-16(23(34)36)10-20(24(2,3)4)31-19(17)12-29-5/h7-10,14-15,29H,6,11-13H2,1-5H3/t15-/m1/s1. The molecule has 1 amide bonds. The number of pyridine rings is 2. The number of carbonyl (C=O) groups is 1. The van der Waals surface area contributed by atoms with E-state index in [1.807, 2.05) is 33.9 Å². The summed E-state index contributed by atoms with van der Waals surface area (Å²) in [5.41, 5.74) is 3.18. The van der Waals surface area contributed by atoms with Crippen LogP contribution in [0.5, 0.6) is 0 Å².